The quantitative estimate of drug-likeness (QED) is 0.913. The number of benzene rings is 1. The van der Waals surface area contributed by atoms with Crippen molar-refractivity contribution in [1.29, 1.82) is 0 Å². The number of piperidine rings is 1. The van der Waals surface area contributed by atoms with Crippen LogP contribution >= 0.6 is 24.0 Å². The summed E-state index contributed by atoms with van der Waals surface area (Å²) in [6, 6.07) is 4.49. The molecule has 1 fully saturated rings. The maximum Gasteiger partial charge on any atom is 0.256 e. The zero-order chi connectivity index (χ0) is 13.1. The van der Waals surface area contributed by atoms with Gasteiger partial charge in [0.05, 0.1) is 10.6 Å². The average Bonchev–Trinajstić information content (AvgIpc) is 2.41. The summed E-state index contributed by atoms with van der Waals surface area (Å²) in [6.07, 6.45) is 1.94. The van der Waals surface area contributed by atoms with Crippen LogP contribution in [0.2, 0.25) is 5.02 Å². The molecular weight excluding hydrogens is 290 g/mol. The number of nitrogens with zero attached hydrogens (tertiary/aromatic N) is 1. The molecule has 1 unspecified atom stereocenters. The van der Waals surface area contributed by atoms with Crippen molar-refractivity contribution in [1.82, 2.24) is 4.90 Å². The second kappa shape index (κ2) is 7.08. The van der Waals surface area contributed by atoms with E-state index in [1.165, 1.54) is 12.1 Å². The van der Waals surface area contributed by atoms with Crippen LogP contribution in [0.15, 0.2) is 18.2 Å². The monoisotopic (exact) mass is 306 g/mol. The Labute approximate surface area is 123 Å². The molecule has 0 saturated carbocycles. The highest BCUT2D eigenvalue weighted by Gasteiger charge is 2.25. The number of amides is 1. The van der Waals surface area contributed by atoms with E-state index >= 15 is 0 Å². The zero-order valence-electron chi connectivity index (χ0n) is 10.4. The molecule has 0 aromatic heterocycles. The third-order valence-corrected chi connectivity index (χ3v) is 3.61. The van der Waals surface area contributed by atoms with Crippen LogP contribution in [0, 0.1) is 11.7 Å². The Morgan fingerprint density at radius 3 is 2.95 bits per heavy atom. The molecule has 1 heterocycles. The summed E-state index contributed by atoms with van der Waals surface area (Å²) in [4.78, 5) is 13.9. The van der Waals surface area contributed by atoms with E-state index in [-0.39, 0.29) is 28.9 Å². The molecule has 1 aromatic rings. The molecule has 1 saturated heterocycles. The first kappa shape index (κ1) is 16.2. The Bertz CT molecular complexity index is 456. The van der Waals surface area contributed by atoms with Crippen LogP contribution < -0.4 is 5.73 Å². The highest BCUT2D eigenvalue weighted by molar-refractivity contribution is 6.31. The first-order chi connectivity index (χ1) is 8.63. The lowest BCUT2D eigenvalue weighted by Gasteiger charge is -2.32. The van der Waals surface area contributed by atoms with Gasteiger partial charge in [-0.3, -0.25) is 4.79 Å². The summed E-state index contributed by atoms with van der Waals surface area (Å²) < 4.78 is 13.8. The summed E-state index contributed by atoms with van der Waals surface area (Å²) in [5, 5.41) is -0.0202. The summed E-state index contributed by atoms with van der Waals surface area (Å²) in [7, 11) is 0. The first-order valence-corrected chi connectivity index (χ1v) is 6.44. The van der Waals surface area contributed by atoms with Crippen LogP contribution in [0.1, 0.15) is 23.2 Å². The molecule has 106 valence electrons. The Balaban J connectivity index is 0.00000180. The lowest BCUT2D eigenvalue weighted by molar-refractivity contribution is 0.0673. The van der Waals surface area contributed by atoms with E-state index in [2.05, 4.69) is 0 Å². The highest BCUT2D eigenvalue weighted by atomic mass is 35.5. The molecule has 2 rings (SSSR count). The molecule has 1 atom stereocenters. The van der Waals surface area contributed by atoms with Gasteiger partial charge in [-0.05, 0) is 37.4 Å². The number of carbonyl (C=O) groups is 1. The second-order valence-electron chi connectivity index (χ2n) is 4.60. The minimum absolute atomic E-state index is 0. The molecule has 2 N–H and O–H groups in total. The van der Waals surface area contributed by atoms with E-state index in [1.807, 2.05) is 0 Å². The van der Waals surface area contributed by atoms with E-state index in [1.54, 1.807) is 11.0 Å². The standard InChI is InChI=1S/C13H16ClFN2O.ClH/c14-11-5-1-4-10(12(11)15)13(18)17-6-2-3-9(7-16)8-17;/h1,4-5,9H,2-3,6-8,16H2;1H. The molecule has 19 heavy (non-hydrogen) atoms. The van der Waals surface area contributed by atoms with Gasteiger partial charge >= 0.3 is 0 Å². The van der Waals surface area contributed by atoms with Crippen molar-refractivity contribution in [3.63, 3.8) is 0 Å². The van der Waals surface area contributed by atoms with Crippen molar-refractivity contribution in [3.05, 3.63) is 34.6 Å². The molecular formula is C13H17Cl2FN2O. The first-order valence-electron chi connectivity index (χ1n) is 6.07. The number of halogens is 3. The third kappa shape index (κ3) is 3.59. The summed E-state index contributed by atoms with van der Waals surface area (Å²) in [5.41, 5.74) is 5.67. The van der Waals surface area contributed by atoms with E-state index in [0.29, 0.717) is 25.6 Å². The lowest BCUT2D eigenvalue weighted by Crippen LogP contribution is -2.42. The molecule has 1 amide bonds. The van der Waals surface area contributed by atoms with Crippen LogP contribution in [-0.4, -0.2) is 30.4 Å². The molecule has 6 heteroatoms. The predicted octanol–water partition coefficient (Wildman–Crippen LogP) is 2.71. The fourth-order valence-electron chi connectivity index (χ4n) is 2.28. The molecule has 1 aliphatic heterocycles. The fourth-order valence-corrected chi connectivity index (χ4v) is 2.46. The van der Waals surface area contributed by atoms with Crippen molar-refractivity contribution < 1.29 is 9.18 Å². The summed E-state index contributed by atoms with van der Waals surface area (Å²) in [5.74, 6) is -0.628. The van der Waals surface area contributed by atoms with Gasteiger partial charge in [-0.2, -0.15) is 0 Å². The normalized spacial score (nSPS) is 18.9. The van der Waals surface area contributed by atoms with Gasteiger partial charge in [-0.15, -0.1) is 12.4 Å². The topological polar surface area (TPSA) is 46.3 Å². The van der Waals surface area contributed by atoms with Crippen molar-refractivity contribution >= 4 is 29.9 Å². The summed E-state index contributed by atoms with van der Waals surface area (Å²) >= 11 is 5.69. The maximum atomic E-state index is 13.8. The molecule has 0 radical (unpaired) electrons. The number of rotatable bonds is 2. The van der Waals surface area contributed by atoms with Crippen LogP contribution in [0.4, 0.5) is 4.39 Å². The summed E-state index contributed by atoms with van der Waals surface area (Å²) in [6.45, 7) is 1.81. The van der Waals surface area contributed by atoms with Crippen LogP contribution in [0.25, 0.3) is 0 Å². The zero-order valence-corrected chi connectivity index (χ0v) is 12.0. The van der Waals surface area contributed by atoms with E-state index in [9.17, 15) is 9.18 Å². The van der Waals surface area contributed by atoms with E-state index < -0.39 is 5.82 Å². The van der Waals surface area contributed by atoms with Crippen molar-refractivity contribution in [3.8, 4) is 0 Å². The van der Waals surface area contributed by atoms with Gasteiger partial charge in [0.15, 0.2) is 5.82 Å². The Hall–Kier alpha value is -0.840. The minimum atomic E-state index is -0.640. The van der Waals surface area contributed by atoms with Crippen molar-refractivity contribution in [2.45, 2.75) is 12.8 Å². The number of carbonyl (C=O) groups excluding carboxylic acids is 1. The highest BCUT2D eigenvalue weighted by Crippen LogP contribution is 2.22. The lowest BCUT2D eigenvalue weighted by atomic mass is 9.97. The Kier molecular flexibility index (Phi) is 6.04. The van der Waals surface area contributed by atoms with Crippen LogP contribution in [-0.2, 0) is 0 Å². The molecule has 1 aliphatic rings. The number of nitrogens with two attached hydrogens (primary N) is 1. The Morgan fingerprint density at radius 2 is 2.26 bits per heavy atom. The molecule has 0 bridgehead atoms. The van der Waals surface area contributed by atoms with Gasteiger partial charge in [-0.25, -0.2) is 4.39 Å². The SMILES string of the molecule is Cl.NCC1CCCN(C(=O)c2cccc(Cl)c2F)C1. The van der Waals surface area contributed by atoms with Crippen molar-refractivity contribution in [2.75, 3.05) is 19.6 Å². The third-order valence-electron chi connectivity index (χ3n) is 3.32. The van der Waals surface area contributed by atoms with Gasteiger partial charge in [0.2, 0.25) is 0 Å². The molecule has 0 spiro atoms. The van der Waals surface area contributed by atoms with Crippen LogP contribution in [0.3, 0.4) is 0 Å². The Morgan fingerprint density at radius 1 is 1.53 bits per heavy atom. The fraction of sp³-hybridized carbons (Fsp3) is 0.462. The smallest absolute Gasteiger partial charge is 0.256 e. The molecule has 3 nitrogen and oxygen atoms in total. The number of likely N-dealkylation sites (tertiary alicyclic amines) is 1. The largest absolute Gasteiger partial charge is 0.338 e. The van der Waals surface area contributed by atoms with Gasteiger partial charge in [0.25, 0.3) is 5.91 Å². The van der Waals surface area contributed by atoms with Gasteiger partial charge in [-0.1, -0.05) is 17.7 Å². The number of hydrogen-bond donors (Lipinski definition) is 1. The van der Waals surface area contributed by atoms with Gasteiger partial charge in [0.1, 0.15) is 0 Å². The predicted molar refractivity (Wildman–Crippen MR) is 76.3 cm³/mol. The van der Waals surface area contributed by atoms with E-state index in [0.717, 1.165) is 12.8 Å². The average molecular weight is 307 g/mol. The molecule has 0 aliphatic carbocycles. The second-order valence-corrected chi connectivity index (χ2v) is 5.00. The van der Waals surface area contributed by atoms with Crippen LogP contribution in [0.5, 0.6) is 0 Å². The number of hydrogen-bond acceptors (Lipinski definition) is 2. The van der Waals surface area contributed by atoms with E-state index in [4.69, 9.17) is 17.3 Å². The van der Waals surface area contributed by atoms with Gasteiger partial charge < -0.3 is 10.6 Å². The molecule has 1 aromatic carbocycles. The van der Waals surface area contributed by atoms with Gasteiger partial charge in [0, 0.05) is 13.1 Å². The minimum Gasteiger partial charge on any atom is -0.338 e. The van der Waals surface area contributed by atoms with Crippen molar-refractivity contribution in [2.24, 2.45) is 11.7 Å². The maximum absolute atomic E-state index is 13.8.